The molecule has 0 radical (unpaired) electrons. The maximum atomic E-state index is 5.03. The fraction of sp³-hybridized carbons (Fsp3) is 0.800. The van der Waals surface area contributed by atoms with E-state index in [2.05, 4.69) is 20.5 Å². The van der Waals surface area contributed by atoms with Crippen LogP contribution < -0.4 is 10.2 Å². The smallest absolute Gasteiger partial charge is 0.185 e. The van der Waals surface area contributed by atoms with Crippen molar-refractivity contribution in [1.82, 2.24) is 15.2 Å². The van der Waals surface area contributed by atoms with Crippen LogP contribution in [0.4, 0.5) is 5.13 Å². The number of rotatable bonds is 7. The van der Waals surface area contributed by atoms with Crippen LogP contribution in [-0.2, 0) is 11.3 Å². The zero-order valence-corrected chi connectivity index (χ0v) is 13.7. The number of ether oxygens (including phenoxy) is 1. The molecule has 2 fully saturated rings. The molecule has 118 valence electrons. The number of nitrogens with one attached hydrogen (secondary N) is 1. The summed E-state index contributed by atoms with van der Waals surface area (Å²) in [5.74, 6) is 0. The summed E-state index contributed by atoms with van der Waals surface area (Å²) in [4.78, 5) is 9.91. The molecule has 0 aromatic carbocycles. The van der Waals surface area contributed by atoms with Gasteiger partial charge in [0.05, 0.1) is 12.3 Å². The Morgan fingerprint density at radius 3 is 3.05 bits per heavy atom. The van der Waals surface area contributed by atoms with Gasteiger partial charge in [0.2, 0.25) is 0 Å². The second kappa shape index (κ2) is 7.54. The summed E-state index contributed by atoms with van der Waals surface area (Å²) in [7, 11) is 1.73. The summed E-state index contributed by atoms with van der Waals surface area (Å²) in [5.41, 5.74) is 1.15. The van der Waals surface area contributed by atoms with Crippen molar-refractivity contribution in [2.45, 2.75) is 31.8 Å². The Balaban J connectivity index is 1.47. The first-order valence-electron chi connectivity index (χ1n) is 8.00. The predicted octanol–water partition coefficient (Wildman–Crippen LogP) is 1.55. The molecule has 0 bridgehead atoms. The largest absolute Gasteiger partial charge is 0.383 e. The molecule has 1 N–H and O–H groups in total. The van der Waals surface area contributed by atoms with Gasteiger partial charge in [-0.1, -0.05) is 0 Å². The van der Waals surface area contributed by atoms with E-state index in [1.807, 2.05) is 0 Å². The zero-order chi connectivity index (χ0) is 14.5. The van der Waals surface area contributed by atoms with Crippen LogP contribution in [0.1, 0.15) is 25.0 Å². The van der Waals surface area contributed by atoms with Gasteiger partial charge in [-0.05, 0) is 32.4 Å². The van der Waals surface area contributed by atoms with Gasteiger partial charge in [0.15, 0.2) is 5.13 Å². The molecule has 0 aliphatic carbocycles. The summed E-state index contributed by atoms with van der Waals surface area (Å²) in [6.45, 7) is 7.37. The van der Waals surface area contributed by atoms with E-state index < -0.39 is 0 Å². The fourth-order valence-corrected chi connectivity index (χ4v) is 4.10. The number of likely N-dealkylation sites (tertiary alicyclic amines) is 1. The summed E-state index contributed by atoms with van der Waals surface area (Å²) < 4.78 is 5.03. The molecule has 21 heavy (non-hydrogen) atoms. The fourth-order valence-electron chi connectivity index (χ4n) is 3.23. The number of nitrogens with zero attached hydrogens (tertiary/aromatic N) is 3. The van der Waals surface area contributed by atoms with E-state index in [9.17, 15) is 0 Å². The molecule has 2 aliphatic rings. The third-order valence-corrected chi connectivity index (χ3v) is 5.37. The van der Waals surface area contributed by atoms with E-state index >= 15 is 0 Å². The lowest BCUT2D eigenvalue weighted by molar-refractivity contribution is 0.199. The number of aromatic nitrogens is 1. The van der Waals surface area contributed by atoms with Crippen molar-refractivity contribution in [3.05, 3.63) is 11.1 Å². The molecule has 5 nitrogen and oxygen atoms in total. The van der Waals surface area contributed by atoms with Crippen LogP contribution in [0, 0.1) is 0 Å². The van der Waals surface area contributed by atoms with E-state index in [0.717, 1.165) is 44.5 Å². The summed E-state index contributed by atoms with van der Waals surface area (Å²) in [6.07, 6.45) is 4.05. The van der Waals surface area contributed by atoms with Crippen LogP contribution in [0.3, 0.4) is 0 Å². The van der Waals surface area contributed by atoms with Gasteiger partial charge in [0.1, 0.15) is 0 Å². The first-order valence-corrected chi connectivity index (χ1v) is 8.88. The van der Waals surface area contributed by atoms with Gasteiger partial charge in [0, 0.05) is 44.7 Å². The Morgan fingerprint density at radius 2 is 2.24 bits per heavy atom. The summed E-state index contributed by atoms with van der Waals surface area (Å²) >= 11 is 1.78. The standard InChI is InChI=1S/C15H26N4OS/c1-20-9-5-16-10-13-12-21-15(17-13)19-8-4-14(11-19)18-6-2-3-7-18/h12,14,16H,2-11H2,1H3. The highest BCUT2D eigenvalue weighted by Crippen LogP contribution is 2.27. The zero-order valence-electron chi connectivity index (χ0n) is 12.9. The Kier molecular flexibility index (Phi) is 5.46. The first kappa shape index (κ1) is 15.2. The summed E-state index contributed by atoms with van der Waals surface area (Å²) in [6, 6.07) is 0.750. The van der Waals surface area contributed by atoms with Crippen molar-refractivity contribution in [3.63, 3.8) is 0 Å². The molecule has 0 saturated carbocycles. The van der Waals surface area contributed by atoms with Gasteiger partial charge in [-0.15, -0.1) is 11.3 Å². The molecule has 0 amide bonds. The lowest BCUT2D eigenvalue weighted by Crippen LogP contribution is -2.35. The first-order chi connectivity index (χ1) is 10.4. The third kappa shape index (κ3) is 3.94. The molecule has 1 aromatic rings. The Morgan fingerprint density at radius 1 is 1.38 bits per heavy atom. The highest BCUT2D eigenvalue weighted by atomic mass is 32.1. The predicted molar refractivity (Wildman–Crippen MR) is 87.1 cm³/mol. The second-order valence-electron chi connectivity index (χ2n) is 5.92. The van der Waals surface area contributed by atoms with Crippen LogP contribution >= 0.6 is 11.3 Å². The minimum Gasteiger partial charge on any atom is -0.383 e. The molecular formula is C15H26N4OS. The highest BCUT2D eigenvalue weighted by molar-refractivity contribution is 7.13. The van der Waals surface area contributed by atoms with Gasteiger partial charge in [-0.2, -0.15) is 0 Å². The van der Waals surface area contributed by atoms with E-state index in [-0.39, 0.29) is 0 Å². The van der Waals surface area contributed by atoms with Crippen LogP contribution in [0.25, 0.3) is 0 Å². The van der Waals surface area contributed by atoms with E-state index in [4.69, 9.17) is 9.72 Å². The van der Waals surface area contributed by atoms with Crippen LogP contribution in [-0.4, -0.2) is 62.4 Å². The summed E-state index contributed by atoms with van der Waals surface area (Å²) in [5, 5.41) is 6.73. The van der Waals surface area contributed by atoms with Crippen molar-refractivity contribution >= 4 is 16.5 Å². The maximum absolute atomic E-state index is 5.03. The SMILES string of the molecule is COCCNCc1csc(N2CCC(N3CCCC3)C2)n1. The molecule has 0 spiro atoms. The molecule has 1 unspecified atom stereocenters. The average molecular weight is 310 g/mol. The van der Waals surface area contributed by atoms with Crippen molar-refractivity contribution in [2.75, 3.05) is 51.3 Å². The number of hydrogen-bond acceptors (Lipinski definition) is 6. The van der Waals surface area contributed by atoms with Gasteiger partial charge >= 0.3 is 0 Å². The molecular weight excluding hydrogens is 284 g/mol. The van der Waals surface area contributed by atoms with E-state index in [1.54, 1.807) is 18.4 Å². The molecule has 1 atom stereocenters. The quantitative estimate of drug-likeness (QED) is 0.774. The van der Waals surface area contributed by atoms with Gasteiger partial charge in [-0.25, -0.2) is 4.98 Å². The normalized spacial score (nSPS) is 23.3. The van der Waals surface area contributed by atoms with Crippen LogP contribution in [0.15, 0.2) is 5.38 Å². The molecule has 3 heterocycles. The minimum absolute atomic E-state index is 0.750. The van der Waals surface area contributed by atoms with E-state index in [0.29, 0.717) is 0 Å². The molecule has 1 aromatic heterocycles. The lowest BCUT2D eigenvalue weighted by Gasteiger charge is -2.23. The van der Waals surface area contributed by atoms with E-state index in [1.165, 1.54) is 37.5 Å². The van der Waals surface area contributed by atoms with Crippen molar-refractivity contribution < 1.29 is 4.74 Å². The number of anilines is 1. The molecule has 3 rings (SSSR count). The van der Waals surface area contributed by atoms with Gasteiger partial charge < -0.3 is 15.0 Å². The Bertz CT molecular complexity index is 433. The second-order valence-corrected chi connectivity index (χ2v) is 6.76. The number of hydrogen-bond donors (Lipinski definition) is 1. The lowest BCUT2D eigenvalue weighted by atomic mass is 10.2. The minimum atomic E-state index is 0.750. The topological polar surface area (TPSA) is 40.6 Å². The van der Waals surface area contributed by atoms with Crippen molar-refractivity contribution in [3.8, 4) is 0 Å². The average Bonchev–Trinajstić information content (AvgIpc) is 3.23. The van der Waals surface area contributed by atoms with Crippen molar-refractivity contribution in [2.24, 2.45) is 0 Å². The van der Waals surface area contributed by atoms with Crippen molar-refractivity contribution in [1.29, 1.82) is 0 Å². The molecule has 6 heteroatoms. The Labute approximate surface area is 131 Å². The molecule has 2 aliphatic heterocycles. The number of thiazole rings is 1. The van der Waals surface area contributed by atoms with Gasteiger partial charge in [-0.3, -0.25) is 4.90 Å². The van der Waals surface area contributed by atoms with Crippen LogP contribution in [0.5, 0.6) is 0 Å². The Hall–Kier alpha value is -0.690. The van der Waals surface area contributed by atoms with Gasteiger partial charge in [0.25, 0.3) is 0 Å². The maximum Gasteiger partial charge on any atom is 0.185 e. The number of methoxy groups -OCH3 is 1. The highest BCUT2D eigenvalue weighted by Gasteiger charge is 2.30. The van der Waals surface area contributed by atoms with Crippen LogP contribution in [0.2, 0.25) is 0 Å². The third-order valence-electron chi connectivity index (χ3n) is 4.42. The molecule has 2 saturated heterocycles. The monoisotopic (exact) mass is 310 g/mol.